The first kappa shape index (κ1) is 12.3. The summed E-state index contributed by atoms with van der Waals surface area (Å²) in [5.41, 5.74) is 9.59. The molecule has 3 N–H and O–H groups in total. The molecule has 17 heavy (non-hydrogen) atoms. The molecule has 0 spiro atoms. The van der Waals surface area contributed by atoms with Crippen molar-refractivity contribution in [3.05, 3.63) is 51.5 Å². The van der Waals surface area contributed by atoms with E-state index in [1.54, 1.807) is 0 Å². The molecule has 0 amide bonds. The lowest BCUT2D eigenvalue weighted by Gasteiger charge is -2.11. The largest absolute Gasteiger partial charge is 0.399 e. The van der Waals surface area contributed by atoms with Gasteiger partial charge in [-0.2, -0.15) is 0 Å². The highest BCUT2D eigenvalue weighted by molar-refractivity contribution is 9.10. The van der Waals surface area contributed by atoms with Crippen molar-refractivity contribution in [1.29, 1.82) is 0 Å². The Bertz CT molecular complexity index is 506. The van der Waals surface area contributed by atoms with Gasteiger partial charge in [0.05, 0.1) is 5.69 Å². The number of anilines is 3. The van der Waals surface area contributed by atoms with Crippen molar-refractivity contribution in [3.63, 3.8) is 0 Å². The van der Waals surface area contributed by atoms with E-state index in [0.717, 1.165) is 27.1 Å². The summed E-state index contributed by atoms with van der Waals surface area (Å²) in [6.45, 7) is 2.02. The molecule has 0 aliphatic rings. The van der Waals surface area contributed by atoms with E-state index in [4.69, 9.17) is 17.3 Å². The van der Waals surface area contributed by atoms with Crippen molar-refractivity contribution in [3.8, 4) is 0 Å². The number of nitrogens with two attached hydrogens (primary N) is 1. The van der Waals surface area contributed by atoms with Crippen LogP contribution in [0, 0.1) is 6.92 Å². The van der Waals surface area contributed by atoms with Crippen molar-refractivity contribution in [2.24, 2.45) is 0 Å². The van der Waals surface area contributed by atoms with Crippen LogP contribution in [-0.2, 0) is 0 Å². The lowest BCUT2D eigenvalue weighted by atomic mass is 10.1. The van der Waals surface area contributed by atoms with Crippen molar-refractivity contribution in [2.75, 3.05) is 11.1 Å². The molecular weight excluding hydrogens is 300 g/mol. The first-order valence-corrected chi connectivity index (χ1v) is 6.31. The van der Waals surface area contributed by atoms with Gasteiger partial charge in [-0.3, -0.25) is 0 Å². The lowest BCUT2D eigenvalue weighted by Crippen LogP contribution is -1.95. The summed E-state index contributed by atoms with van der Waals surface area (Å²) in [5.74, 6) is 0. The van der Waals surface area contributed by atoms with Crippen LogP contribution in [0.15, 0.2) is 40.9 Å². The second-order valence-electron chi connectivity index (χ2n) is 3.82. The Balaban J connectivity index is 2.31. The van der Waals surface area contributed by atoms with E-state index in [1.165, 1.54) is 0 Å². The Kier molecular flexibility index (Phi) is 3.60. The number of hydrogen-bond acceptors (Lipinski definition) is 2. The van der Waals surface area contributed by atoms with Gasteiger partial charge in [0.2, 0.25) is 0 Å². The van der Waals surface area contributed by atoms with Crippen LogP contribution in [0.5, 0.6) is 0 Å². The van der Waals surface area contributed by atoms with E-state index < -0.39 is 0 Å². The SMILES string of the molecule is Cc1cc(N)ccc1Nc1ccc(Cl)cc1Br. The summed E-state index contributed by atoms with van der Waals surface area (Å²) >= 11 is 9.37. The van der Waals surface area contributed by atoms with Gasteiger partial charge >= 0.3 is 0 Å². The van der Waals surface area contributed by atoms with Gasteiger partial charge in [-0.15, -0.1) is 0 Å². The molecule has 0 aliphatic carbocycles. The Morgan fingerprint density at radius 1 is 1.12 bits per heavy atom. The molecule has 2 nitrogen and oxygen atoms in total. The van der Waals surface area contributed by atoms with Crippen molar-refractivity contribution in [1.82, 2.24) is 0 Å². The van der Waals surface area contributed by atoms with Crippen LogP contribution >= 0.6 is 27.5 Å². The number of halogens is 2. The zero-order valence-corrected chi connectivity index (χ0v) is 11.6. The standard InChI is InChI=1S/C13H12BrClN2/c1-8-6-10(16)3-5-12(8)17-13-4-2-9(15)7-11(13)14/h2-7,17H,16H2,1H3. The summed E-state index contributed by atoms with van der Waals surface area (Å²) in [6, 6.07) is 11.4. The quantitative estimate of drug-likeness (QED) is 0.786. The Labute approximate surface area is 114 Å². The van der Waals surface area contributed by atoms with E-state index in [0.29, 0.717) is 5.02 Å². The normalized spacial score (nSPS) is 10.3. The fourth-order valence-electron chi connectivity index (χ4n) is 1.56. The van der Waals surface area contributed by atoms with E-state index in [9.17, 15) is 0 Å². The van der Waals surface area contributed by atoms with Gasteiger partial charge in [0, 0.05) is 20.9 Å². The van der Waals surface area contributed by atoms with Crippen molar-refractivity contribution < 1.29 is 0 Å². The summed E-state index contributed by atoms with van der Waals surface area (Å²) in [6.07, 6.45) is 0. The molecule has 0 radical (unpaired) electrons. The predicted octanol–water partition coefficient (Wildman–Crippen LogP) is 4.74. The minimum Gasteiger partial charge on any atom is -0.399 e. The molecule has 0 bridgehead atoms. The van der Waals surface area contributed by atoms with Crippen LogP contribution in [-0.4, -0.2) is 0 Å². The summed E-state index contributed by atoms with van der Waals surface area (Å²) in [5, 5.41) is 4.04. The van der Waals surface area contributed by atoms with Gasteiger partial charge in [-0.25, -0.2) is 0 Å². The first-order valence-electron chi connectivity index (χ1n) is 5.14. The van der Waals surface area contributed by atoms with Gasteiger partial charge < -0.3 is 11.1 Å². The van der Waals surface area contributed by atoms with Crippen LogP contribution in [0.25, 0.3) is 0 Å². The van der Waals surface area contributed by atoms with Crippen LogP contribution < -0.4 is 11.1 Å². The molecule has 2 rings (SSSR count). The molecule has 0 fully saturated rings. The molecule has 88 valence electrons. The highest BCUT2D eigenvalue weighted by atomic mass is 79.9. The smallest absolute Gasteiger partial charge is 0.0529 e. The fraction of sp³-hybridized carbons (Fsp3) is 0.0769. The summed E-state index contributed by atoms with van der Waals surface area (Å²) in [7, 11) is 0. The molecule has 2 aromatic rings. The molecule has 0 atom stereocenters. The first-order chi connectivity index (χ1) is 8.06. The zero-order chi connectivity index (χ0) is 12.4. The number of nitrogen functional groups attached to an aromatic ring is 1. The number of hydrogen-bond donors (Lipinski definition) is 2. The van der Waals surface area contributed by atoms with Crippen LogP contribution in [0.2, 0.25) is 5.02 Å². The second-order valence-corrected chi connectivity index (χ2v) is 5.11. The number of aryl methyl sites for hydroxylation is 1. The van der Waals surface area contributed by atoms with E-state index in [2.05, 4.69) is 21.2 Å². The third kappa shape index (κ3) is 2.93. The Hall–Kier alpha value is -1.19. The molecule has 0 unspecified atom stereocenters. The Morgan fingerprint density at radius 2 is 1.82 bits per heavy atom. The molecular formula is C13H12BrClN2. The maximum atomic E-state index is 5.90. The third-order valence-electron chi connectivity index (χ3n) is 2.45. The van der Waals surface area contributed by atoms with Crippen molar-refractivity contribution >= 4 is 44.6 Å². The highest BCUT2D eigenvalue weighted by Gasteiger charge is 2.03. The van der Waals surface area contributed by atoms with E-state index >= 15 is 0 Å². The minimum atomic E-state index is 0.705. The van der Waals surface area contributed by atoms with Crippen LogP contribution in [0.1, 0.15) is 5.56 Å². The lowest BCUT2D eigenvalue weighted by molar-refractivity contribution is 1.42. The number of rotatable bonds is 2. The average Bonchev–Trinajstić information content (AvgIpc) is 2.25. The maximum Gasteiger partial charge on any atom is 0.0529 e. The van der Waals surface area contributed by atoms with Gasteiger partial charge in [0.15, 0.2) is 0 Å². The molecule has 2 aromatic carbocycles. The zero-order valence-electron chi connectivity index (χ0n) is 9.30. The molecule has 0 aromatic heterocycles. The van der Waals surface area contributed by atoms with Gasteiger partial charge in [-0.1, -0.05) is 11.6 Å². The van der Waals surface area contributed by atoms with Crippen LogP contribution in [0.4, 0.5) is 17.1 Å². The minimum absolute atomic E-state index is 0.705. The Morgan fingerprint density at radius 3 is 2.47 bits per heavy atom. The molecule has 0 aliphatic heterocycles. The monoisotopic (exact) mass is 310 g/mol. The molecule has 0 saturated heterocycles. The summed E-state index contributed by atoms with van der Waals surface area (Å²) < 4.78 is 0.932. The van der Waals surface area contributed by atoms with E-state index in [-0.39, 0.29) is 0 Å². The molecule has 0 saturated carbocycles. The molecule has 0 heterocycles. The predicted molar refractivity (Wildman–Crippen MR) is 78.0 cm³/mol. The highest BCUT2D eigenvalue weighted by Crippen LogP contribution is 2.30. The average molecular weight is 312 g/mol. The second kappa shape index (κ2) is 4.98. The number of nitrogens with one attached hydrogen (secondary N) is 1. The number of benzene rings is 2. The van der Waals surface area contributed by atoms with Crippen LogP contribution in [0.3, 0.4) is 0 Å². The third-order valence-corrected chi connectivity index (χ3v) is 3.34. The van der Waals surface area contributed by atoms with Gasteiger partial charge in [0.1, 0.15) is 0 Å². The fourth-order valence-corrected chi connectivity index (χ4v) is 2.34. The van der Waals surface area contributed by atoms with E-state index in [1.807, 2.05) is 43.3 Å². The van der Waals surface area contributed by atoms with Crippen molar-refractivity contribution in [2.45, 2.75) is 6.92 Å². The summed E-state index contributed by atoms with van der Waals surface area (Å²) in [4.78, 5) is 0. The maximum absolute atomic E-state index is 5.90. The topological polar surface area (TPSA) is 38.0 Å². The van der Waals surface area contributed by atoms with Gasteiger partial charge in [-0.05, 0) is 64.8 Å². The van der Waals surface area contributed by atoms with Gasteiger partial charge in [0.25, 0.3) is 0 Å². The molecule has 4 heteroatoms.